The monoisotopic (exact) mass is 435 g/mol. The second kappa shape index (κ2) is 9.82. The third-order valence-electron chi connectivity index (χ3n) is 5.76. The minimum Gasteiger partial charge on any atom is -0.484 e. The van der Waals surface area contributed by atoms with E-state index in [0.29, 0.717) is 17.9 Å². The van der Waals surface area contributed by atoms with E-state index in [4.69, 9.17) is 9.72 Å². The highest BCUT2D eigenvalue weighted by Gasteiger charge is 2.21. The smallest absolute Gasteiger partial charge is 0.262 e. The van der Waals surface area contributed by atoms with E-state index in [1.165, 1.54) is 0 Å². The number of anilines is 1. The number of nitrogens with zero attached hydrogens (tertiary/aromatic N) is 4. The number of aryl methyl sites for hydroxylation is 1. The molecule has 0 radical (unpaired) electrons. The Hall–Kier alpha value is -3.39. The first-order valence-corrected chi connectivity index (χ1v) is 11.0. The predicted octanol–water partition coefficient (Wildman–Crippen LogP) is 2.65. The summed E-state index contributed by atoms with van der Waals surface area (Å²) in [6.07, 6.45) is 0.558. The van der Waals surface area contributed by atoms with Crippen molar-refractivity contribution in [1.82, 2.24) is 19.4 Å². The number of imidazole rings is 1. The lowest BCUT2D eigenvalue weighted by Crippen LogP contribution is -2.48. The van der Waals surface area contributed by atoms with Crippen molar-refractivity contribution in [3.8, 4) is 5.75 Å². The molecule has 0 bridgehead atoms. The van der Waals surface area contributed by atoms with E-state index in [0.717, 1.165) is 49.6 Å². The first kappa shape index (κ1) is 21.8. The van der Waals surface area contributed by atoms with E-state index >= 15 is 0 Å². The van der Waals surface area contributed by atoms with Crippen LogP contribution in [0.15, 0.2) is 48.5 Å². The van der Waals surface area contributed by atoms with E-state index in [-0.39, 0.29) is 18.4 Å². The van der Waals surface area contributed by atoms with Gasteiger partial charge in [0.15, 0.2) is 6.61 Å². The largest absolute Gasteiger partial charge is 0.484 e. The molecular weight excluding hydrogens is 406 g/mol. The topological polar surface area (TPSA) is 79.7 Å². The van der Waals surface area contributed by atoms with Gasteiger partial charge in [0.25, 0.3) is 5.91 Å². The van der Waals surface area contributed by atoms with Gasteiger partial charge in [-0.1, -0.05) is 25.1 Å². The minimum atomic E-state index is -0.219. The summed E-state index contributed by atoms with van der Waals surface area (Å²) in [6.45, 7) is 5.79. The Morgan fingerprint density at radius 2 is 1.81 bits per heavy atom. The maximum absolute atomic E-state index is 12.3. The maximum atomic E-state index is 12.3. The first-order valence-electron chi connectivity index (χ1n) is 11.0. The van der Waals surface area contributed by atoms with Crippen molar-refractivity contribution in [2.24, 2.45) is 7.05 Å². The molecule has 1 aliphatic rings. The van der Waals surface area contributed by atoms with Crippen LogP contribution in [0.3, 0.4) is 0 Å². The van der Waals surface area contributed by atoms with E-state index in [1.54, 1.807) is 0 Å². The average Bonchev–Trinajstić information content (AvgIpc) is 3.12. The highest BCUT2D eigenvalue weighted by molar-refractivity contribution is 5.94. The van der Waals surface area contributed by atoms with Crippen molar-refractivity contribution >= 4 is 28.5 Å². The summed E-state index contributed by atoms with van der Waals surface area (Å²) in [5.74, 6) is 1.62. The molecule has 3 aromatic rings. The van der Waals surface area contributed by atoms with Gasteiger partial charge in [-0.15, -0.1) is 0 Å². The van der Waals surface area contributed by atoms with Crippen molar-refractivity contribution in [1.29, 1.82) is 0 Å². The van der Waals surface area contributed by atoms with Crippen molar-refractivity contribution in [3.63, 3.8) is 0 Å². The van der Waals surface area contributed by atoms with Gasteiger partial charge in [-0.25, -0.2) is 4.98 Å². The van der Waals surface area contributed by atoms with Crippen molar-refractivity contribution < 1.29 is 14.3 Å². The van der Waals surface area contributed by atoms with Crippen LogP contribution in [0.25, 0.3) is 11.0 Å². The zero-order valence-corrected chi connectivity index (χ0v) is 18.6. The molecule has 0 atom stereocenters. The van der Waals surface area contributed by atoms with Crippen LogP contribution in [0.1, 0.15) is 19.2 Å². The minimum absolute atomic E-state index is 0.0535. The van der Waals surface area contributed by atoms with E-state index < -0.39 is 0 Å². The molecule has 1 aliphatic heterocycles. The standard InChI is InChI=1S/C24H29N5O3/c1-3-24(31)29-13-11-28(12-14-29)16-22-26-20-15-18(9-10-21(20)27(22)2)25-23(30)17-32-19-7-5-4-6-8-19/h4-10,15H,3,11-14,16-17H2,1-2H3,(H,25,30). The Bertz CT molecular complexity index is 1090. The zero-order chi connectivity index (χ0) is 22.5. The molecule has 1 saturated heterocycles. The molecule has 0 spiro atoms. The Morgan fingerprint density at radius 3 is 2.53 bits per heavy atom. The fraction of sp³-hybridized carbons (Fsp3) is 0.375. The number of carbonyl (C=O) groups excluding carboxylic acids is 2. The molecular formula is C24H29N5O3. The van der Waals surface area contributed by atoms with Gasteiger partial charge >= 0.3 is 0 Å². The second-order valence-electron chi connectivity index (χ2n) is 7.95. The number of aromatic nitrogens is 2. The average molecular weight is 436 g/mol. The summed E-state index contributed by atoms with van der Waals surface area (Å²) < 4.78 is 7.59. The lowest BCUT2D eigenvalue weighted by atomic mass is 10.2. The van der Waals surface area contributed by atoms with Crippen LogP contribution in [-0.4, -0.2) is 64.0 Å². The lowest BCUT2D eigenvalue weighted by Gasteiger charge is -2.34. The molecule has 0 aliphatic carbocycles. The van der Waals surface area contributed by atoms with Gasteiger partial charge in [0.1, 0.15) is 11.6 Å². The molecule has 0 unspecified atom stereocenters. The number of nitrogens with one attached hydrogen (secondary N) is 1. The van der Waals surface area contributed by atoms with Crippen molar-refractivity contribution in [2.75, 3.05) is 38.1 Å². The van der Waals surface area contributed by atoms with Crippen molar-refractivity contribution in [2.45, 2.75) is 19.9 Å². The number of para-hydroxylation sites is 1. The molecule has 1 N–H and O–H groups in total. The number of hydrogen-bond donors (Lipinski definition) is 1. The fourth-order valence-electron chi connectivity index (χ4n) is 3.91. The number of benzene rings is 2. The maximum Gasteiger partial charge on any atom is 0.262 e. The van der Waals surface area contributed by atoms with Crippen LogP contribution in [0, 0.1) is 0 Å². The zero-order valence-electron chi connectivity index (χ0n) is 18.6. The molecule has 168 valence electrons. The lowest BCUT2D eigenvalue weighted by molar-refractivity contribution is -0.132. The Labute approximate surface area is 187 Å². The van der Waals surface area contributed by atoms with Crippen LogP contribution in [0.2, 0.25) is 0 Å². The highest BCUT2D eigenvalue weighted by Crippen LogP contribution is 2.21. The summed E-state index contributed by atoms with van der Waals surface area (Å²) in [7, 11) is 2.01. The summed E-state index contributed by atoms with van der Waals surface area (Å²) in [4.78, 5) is 33.2. The third-order valence-corrected chi connectivity index (χ3v) is 5.76. The molecule has 8 heteroatoms. The van der Waals surface area contributed by atoms with Gasteiger partial charge in [0.2, 0.25) is 5.91 Å². The number of amides is 2. The normalized spacial score (nSPS) is 14.5. The van der Waals surface area contributed by atoms with Gasteiger partial charge in [0.05, 0.1) is 17.6 Å². The molecule has 2 heterocycles. The van der Waals surface area contributed by atoms with E-state index in [2.05, 4.69) is 14.8 Å². The van der Waals surface area contributed by atoms with E-state index in [9.17, 15) is 9.59 Å². The van der Waals surface area contributed by atoms with Crippen LogP contribution in [0.4, 0.5) is 5.69 Å². The number of carbonyl (C=O) groups is 2. The Morgan fingerprint density at radius 1 is 1.06 bits per heavy atom. The van der Waals surface area contributed by atoms with Gasteiger partial charge in [0, 0.05) is 45.3 Å². The molecule has 2 amide bonds. The summed E-state index contributed by atoms with van der Waals surface area (Å²) in [5.41, 5.74) is 2.54. The van der Waals surface area contributed by atoms with Crippen LogP contribution < -0.4 is 10.1 Å². The SMILES string of the molecule is CCC(=O)N1CCN(Cc2nc3cc(NC(=O)COc4ccccc4)ccc3n2C)CC1. The molecule has 0 saturated carbocycles. The number of piperazine rings is 1. The Kier molecular flexibility index (Phi) is 6.70. The number of ether oxygens (including phenoxy) is 1. The van der Waals surface area contributed by atoms with Gasteiger partial charge in [-0.3, -0.25) is 14.5 Å². The van der Waals surface area contributed by atoms with Crippen molar-refractivity contribution in [3.05, 3.63) is 54.4 Å². The molecule has 32 heavy (non-hydrogen) atoms. The molecule has 1 fully saturated rings. The predicted molar refractivity (Wildman–Crippen MR) is 123 cm³/mol. The van der Waals surface area contributed by atoms with Gasteiger partial charge in [-0.05, 0) is 30.3 Å². The summed E-state index contributed by atoms with van der Waals surface area (Å²) in [6, 6.07) is 15.0. The van der Waals surface area contributed by atoms with Crippen LogP contribution in [-0.2, 0) is 23.2 Å². The quantitative estimate of drug-likeness (QED) is 0.617. The molecule has 4 rings (SSSR count). The third kappa shape index (κ3) is 5.08. The molecule has 8 nitrogen and oxygen atoms in total. The van der Waals surface area contributed by atoms with E-state index in [1.807, 2.05) is 67.4 Å². The summed E-state index contributed by atoms with van der Waals surface area (Å²) >= 11 is 0. The first-order chi connectivity index (χ1) is 15.5. The number of hydrogen-bond acceptors (Lipinski definition) is 5. The second-order valence-corrected chi connectivity index (χ2v) is 7.95. The number of fused-ring (bicyclic) bond motifs is 1. The summed E-state index contributed by atoms with van der Waals surface area (Å²) in [5, 5.41) is 2.87. The van der Waals surface area contributed by atoms with Crippen LogP contribution >= 0.6 is 0 Å². The molecule has 1 aromatic heterocycles. The highest BCUT2D eigenvalue weighted by atomic mass is 16.5. The molecule has 2 aromatic carbocycles. The van der Waals surface area contributed by atoms with Gasteiger partial charge < -0.3 is 19.5 Å². The number of rotatable bonds is 7. The fourth-order valence-corrected chi connectivity index (χ4v) is 3.91. The van der Waals surface area contributed by atoms with Crippen LogP contribution in [0.5, 0.6) is 5.75 Å². The Balaban J connectivity index is 1.36. The van der Waals surface area contributed by atoms with Gasteiger partial charge in [-0.2, -0.15) is 0 Å².